The van der Waals surface area contributed by atoms with Gasteiger partial charge in [0.2, 0.25) is 0 Å². The van der Waals surface area contributed by atoms with Crippen LogP contribution in [0.5, 0.6) is 11.5 Å². The molecular formula is C26H19F5N4O4. The van der Waals surface area contributed by atoms with Crippen molar-refractivity contribution in [3.63, 3.8) is 0 Å². The molecule has 39 heavy (non-hydrogen) atoms. The second-order valence-electron chi connectivity index (χ2n) is 8.28. The molecule has 1 amide bonds. The summed E-state index contributed by atoms with van der Waals surface area (Å²) in [6.07, 6.45) is 3.27. The summed E-state index contributed by atoms with van der Waals surface area (Å²) in [6.45, 7) is -3.09. The highest BCUT2D eigenvalue weighted by Crippen LogP contribution is 2.36. The number of nitrogens with zero attached hydrogens (tertiary/aromatic N) is 3. The van der Waals surface area contributed by atoms with Gasteiger partial charge in [0.15, 0.2) is 0 Å². The monoisotopic (exact) mass is 546 g/mol. The maximum absolute atomic E-state index is 15.2. The van der Waals surface area contributed by atoms with Gasteiger partial charge < -0.3 is 14.8 Å². The van der Waals surface area contributed by atoms with Crippen LogP contribution >= 0.6 is 0 Å². The Morgan fingerprint density at radius 2 is 1.74 bits per heavy atom. The summed E-state index contributed by atoms with van der Waals surface area (Å²) in [5, 5.41) is 11.9. The van der Waals surface area contributed by atoms with Crippen LogP contribution in [-0.4, -0.2) is 29.0 Å². The zero-order chi connectivity index (χ0) is 28.4. The number of allylic oxidation sites excluding steroid dienone is 4. The van der Waals surface area contributed by atoms with Crippen molar-refractivity contribution in [1.82, 2.24) is 9.36 Å². The molecule has 0 saturated heterocycles. The highest BCUT2D eigenvalue weighted by atomic mass is 19.3. The number of carbonyl (C=O) groups excluding carboxylic acids is 1. The molecule has 2 unspecified atom stereocenters. The van der Waals surface area contributed by atoms with Crippen LogP contribution in [0.3, 0.4) is 0 Å². The van der Waals surface area contributed by atoms with Crippen molar-refractivity contribution in [1.29, 1.82) is 5.26 Å². The van der Waals surface area contributed by atoms with E-state index < -0.39 is 64.4 Å². The molecule has 1 aromatic heterocycles. The topological polar surface area (TPSA) is 98.3 Å². The van der Waals surface area contributed by atoms with Crippen LogP contribution in [-0.2, 0) is 7.05 Å². The standard InChI is InChI=1S/C26H19F5N4O4/c1-34-23(21-18(28)10-17(38-2)11-19(21)29)22(25(37)35(34)20-9-15(27)6-3-14(20)12-32)33-24(36)13-4-7-16(8-5-13)39-26(30)31/h3-11,14,20,26H,1-2H3,(H,33,36). The van der Waals surface area contributed by atoms with Gasteiger partial charge in [-0.25, -0.2) is 17.9 Å². The van der Waals surface area contributed by atoms with E-state index in [1.54, 1.807) is 0 Å². The summed E-state index contributed by atoms with van der Waals surface area (Å²) >= 11 is 0. The third-order valence-corrected chi connectivity index (χ3v) is 5.97. The number of ether oxygens (including phenoxy) is 2. The highest BCUT2D eigenvalue weighted by Gasteiger charge is 2.32. The van der Waals surface area contributed by atoms with Crippen LogP contribution in [0.15, 0.2) is 65.2 Å². The Hall–Kier alpha value is -4.86. The van der Waals surface area contributed by atoms with Gasteiger partial charge in [0.1, 0.15) is 34.6 Å². The number of nitriles is 1. The van der Waals surface area contributed by atoms with E-state index in [1.165, 1.54) is 20.2 Å². The van der Waals surface area contributed by atoms with Crippen molar-refractivity contribution >= 4 is 11.6 Å². The number of hydrogen-bond donors (Lipinski definition) is 1. The van der Waals surface area contributed by atoms with Gasteiger partial charge in [0.25, 0.3) is 11.5 Å². The fraction of sp³-hybridized carbons (Fsp3) is 0.192. The van der Waals surface area contributed by atoms with Crippen molar-refractivity contribution in [3.8, 4) is 28.8 Å². The Kier molecular flexibility index (Phi) is 7.57. The van der Waals surface area contributed by atoms with Crippen LogP contribution in [0.2, 0.25) is 0 Å². The van der Waals surface area contributed by atoms with Crippen LogP contribution < -0.4 is 20.3 Å². The molecule has 4 rings (SSSR count). The van der Waals surface area contributed by atoms with E-state index >= 15 is 8.78 Å². The smallest absolute Gasteiger partial charge is 0.387 e. The van der Waals surface area contributed by atoms with E-state index in [0.29, 0.717) is 0 Å². The summed E-state index contributed by atoms with van der Waals surface area (Å²) < 4.78 is 80.4. The number of benzene rings is 2. The maximum Gasteiger partial charge on any atom is 0.387 e. The van der Waals surface area contributed by atoms with Crippen molar-refractivity contribution in [2.24, 2.45) is 13.0 Å². The predicted molar refractivity (Wildman–Crippen MR) is 129 cm³/mol. The Morgan fingerprint density at radius 3 is 2.31 bits per heavy atom. The van der Waals surface area contributed by atoms with Gasteiger partial charge in [-0.15, -0.1) is 0 Å². The second-order valence-corrected chi connectivity index (χ2v) is 8.28. The van der Waals surface area contributed by atoms with Gasteiger partial charge in [0, 0.05) is 24.7 Å². The molecule has 1 aliphatic rings. The number of anilines is 1. The Balaban J connectivity index is 1.88. The number of halogens is 5. The van der Waals surface area contributed by atoms with Crippen LogP contribution in [0.25, 0.3) is 11.3 Å². The minimum atomic E-state index is -3.09. The van der Waals surface area contributed by atoms with Crippen LogP contribution in [0.4, 0.5) is 27.6 Å². The third kappa shape index (κ3) is 5.26. The molecule has 0 bridgehead atoms. The predicted octanol–water partition coefficient (Wildman–Crippen LogP) is 5.10. The molecule has 2 aromatic carbocycles. The number of alkyl halides is 2. The number of amides is 1. The fourth-order valence-corrected chi connectivity index (χ4v) is 4.20. The summed E-state index contributed by atoms with van der Waals surface area (Å²) in [6, 6.07) is 6.90. The minimum Gasteiger partial charge on any atom is -0.497 e. The number of rotatable bonds is 7. The largest absolute Gasteiger partial charge is 0.497 e. The molecule has 8 nitrogen and oxygen atoms in total. The van der Waals surface area contributed by atoms with Crippen LogP contribution in [0.1, 0.15) is 16.4 Å². The van der Waals surface area contributed by atoms with Gasteiger partial charge in [-0.1, -0.05) is 6.08 Å². The van der Waals surface area contributed by atoms with Gasteiger partial charge in [0.05, 0.1) is 36.4 Å². The zero-order valence-corrected chi connectivity index (χ0v) is 20.3. The van der Waals surface area contributed by atoms with Crippen molar-refractivity contribution < 1.29 is 36.2 Å². The molecule has 13 heteroatoms. The number of nitrogens with one attached hydrogen (secondary N) is 1. The van der Waals surface area contributed by atoms with Crippen molar-refractivity contribution in [3.05, 3.63) is 88.0 Å². The third-order valence-electron chi connectivity index (χ3n) is 5.97. The normalized spacial score (nSPS) is 16.5. The summed E-state index contributed by atoms with van der Waals surface area (Å²) in [7, 11) is 2.45. The number of hydrogen-bond acceptors (Lipinski definition) is 5. The molecule has 0 saturated carbocycles. The first-order chi connectivity index (χ1) is 18.5. The van der Waals surface area contributed by atoms with E-state index in [9.17, 15) is 28.0 Å². The molecule has 2 atom stereocenters. The molecule has 0 spiro atoms. The lowest BCUT2D eigenvalue weighted by molar-refractivity contribution is -0.0498. The van der Waals surface area contributed by atoms with E-state index in [1.807, 2.05) is 6.07 Å². The Labute approximate surface area is 217 Å². The SMILES string of the molecule is COc1cc(F)c(-c2c(NC(=O)c3ccc(OC(F)F)cc3)c(=O)n(C3C=C(F)C=CC3C#N)n2C)c(F)c1. The highest BCUT2D eigenvalue weighted by molar-refractivity contribution is 6.06. The van der Waals surface area contributed by atoms with E-state index in [0.717, 1.165) is 57.9 Å². The van der Waals surface area contributed by atoms with Crippen molar-refractivity contribution in [2.75, 3.05) is 12.4 Å². The lowest BCUT2D eigenvalue weighted by Crippen LogP contribution is -2.31. The quantitative estimate of drug-likeness (QED) is 0.416. The lowest BCUT2D eigenvalue weighted by atomic mass is 9.96. The average Bonchev–Trinajstić information content (AvgIpc) is 3.12. The minimum absolute atomic E-state index is 0.102. The Morgan fingerprint density at radius 1 is 1.10 bits per heavy atom. The van der Waals surface area contributed by atoms with Crippen LogP contribution in [0, 0.1) is 28.9 Å². The molecule has 1 heterocycles. The summed E-state index contributed by atoms with van der Waals surface area (Å²) in [5.41, 5.74) is -2.77. The molecule has 0 radical (unpaired) electrons. The molecule has 0 aliphatic heterocycles. The number of aromatic nitrogens is 2. The number of methoxy groups -OCH3 is 1. The lowest BCUT2D eigenvalue weighted by Gasteiger charge is -2.22. The van der Waals surface area contributed by atoms with Crippen molar-refractivity contribution in [2.45, 2.75) is 12.7 Å². The van der Waals surface area contributed by atoms with Gasteiger partial charge >= 0.3 is 6.61 Å². The zero-order valence-electron chi connectivity index (χ0n) is 20.3. The molecule has 202 valence electrons. The number of carbonyl (C=O) groups is 1. The van der Waals surface area contributed by atoms with Gasteiger partial charge in [-0.05, 0) is 36.4 Å². The van der Waals surface area contributed by atoms with Gasteiger partial charge in [-0.2, -0.15) is 14.0 Å². The van der Waals surface area contributed by atoms with E-state index in [2.05, 4.69) is 10.1 Å². The molecule has 1 N–H and O–H groups in total. The van der Waals surface area contributed by atoms with E-state index in [-0.39, 0.29) is 17.1 Å². The summed E-state index contributed by atoms with van der Waals surface area (Å²) in [5.74, 6) is -5.35. The molecular weight excluding hydrogens is 527 g/mol. The first kappa shape index (κ1) is 27.2. The second kappa shape index (κ2) is 10.9. The maximum atomic E-state index is 15.2. The molecule has 1 aliphatic carbocycles. The van der Waals surface area contributed by atoms with E-state index in [4.69, 9.17) is 4.74 Å². The molecule has 0 fully saturated rings. The average molecular weight is 546 g/mol. The van der Waals surface area contributed by atoms with Gasteiger partial charge in [-0.3, -0.25) is 14.3 Å². The Bertz CT molecular complexity index is 1560. The molecule has 3 aromatic rings. The first-order valence-corrected chi connectivity index (χ1v) is 11.2. The fourth-order valence-electron chi connectivity index (χ4n) is 4.20. The first-order valence-electron chi connectivity index (χ1n) is 11.2. The summed E-state index contributed by atoms with van der Waals surface area (Å²) in [4.78, 5) is 26.6.